The van der Waals surface area contributed by atoms with Gasteiger partial charge in [-0.05, 0) is 32.1 Å². The SMILES string of the molecule is NC1(Cc2nc(C3CCCC3)n[nH]2)CCC1. The molecule has 3 rings (SSSR count). The van der Waals surface area contributed by atoms with Crippen LogP contribution in [0.3, 0.4) is 0 Å². The molecule has 1 aromatic rings. The van der Waals surface area contributed by atoms with Crippen molar-refractivity contribution in [2.24, 2.45) is 5.73 Å². The molecule has 0 bridgehead atoms. The molecule has 0 unspecified atom stereocenters. The lowest BCUT2D eigenvalue weighted by Gasteiger charge is -2.37. The summed E-state index contributed by atoms with van der Waals surface area (Å²) in [5.74, 6) is 2.61. The van der Waals surface area contributed by atoms with Gasteiger partial charge in [0.2, 0.25) is 0 Å². The van der Waals surface area contributed by atoms with E-state index >= 15 is 0 Å². The predicted octanol–water partition coefficient (Wildman–Crippen LogP) is 1.89. The van der Waals surface area contributed by atoms with Crippen LogP contribution in [-0.4, -0.2) is 20.7 Å². The maximum atomic E-state index is 6.21. The highest BCUT2D eigenvalue weighted by atomic mass is 15.2. The predicted molar refractivity (Wildman–Crippen MR) is 62.1 cm³/mol. The van der Waals surface area contributed by atoms with Gasteiger partial charge >= 0.3 is 0 Å². The van der Waals surface area contributed by atoms with Crippen LogP contribution >= 0.6 is 0 Å². The van der Waals surface area contributed by atoms with E-state index in [-0.39, 0.29) is 5.54 Å². The number of hydrogen-bond donors (Lipinski definition) is 2. The highest BCUT2D eigenvalue weighted by Gasteiger charge is 2.34. The first-order valence-electron chi connectivity index (χ1n) is 6.45. The Hall–Kier alpha value is -0.900. The third-order valence-corrected chi connectivity index (χ3v) is 4.14. The lowest BCUT2D eigenvalue weighted by atomic mass is 9.75. The molecule has 0 aromatic carbocycles. The molecule has 2 aliphatic carbocycles. The Bertz CT molecular complexity index is 361. The van der Waals surface area contributed by atoms with E-state index in [1.807, 2.05) is 0 Å². The van der Waals surface area contributed by atoms with E-state index < -0.39 is 0 Å². The van der Waals surface area contributed by atoms with Crippen molar-refractivity contribution < 1.29 is 0 Å². The van der Waals surface area contributed by atoms with Crippen LogP contribution in [-0.2, 0) is 6.42 Å². The zero-order valence-corrected chi connectivity index (χ0v) is 9.71. The zero-order chi connectivity index (χ0) is 11.0. The molecule has 0 amide bonds. The van der Waals surface area contributed by atoms with Gasteiger partial charge in [0.1, 0.15) is 5.82 Å². The fourth-order valence-electron chi connectivity index (χ4n) is 2.90. The van der Waals surface area contributed by atoms with E-state index in [1.165, 1.54) is 32.1 Å². The van der Waals surface area contributed by atoms with Gasteiger partial charge in [-0.1, -0.05) is 12.8 Å². The maximum Gasteiger partial charge on any atom is 0.153 e. The molecule has 0 aliphatic heterocycles. The third-order valence-electron chi connectivity index (χ3n) is 4.14. The summed E-state index contributed by atoms with van der Waals surface area (Å²) >= 11 is 0. The molecule has 2 aliphatic rings. The maximum absolute atomic E-state index is 6.21. The Morgan fingerprint density at radius 1 is 1.25 bits per heavy atom. The van der Waals surface area contributed by atoms with Crippen LogP contribution in [0.25, 0.3) is 0 Å². The van der Waals surface area contributed by atoms with E-state index in [1.54, 1.807) is 0 Å². The number of nitrogens with two attached hydrogens (primary N) is 1. The average Bonchev–Trinajstić information content (AvgIpc) is 2.83. The fourth-order valence-corrected chi connectivity index (χ4v) is 2.90. The third kappa shape index (κ3) is 1.86. The number of nitrogens with zero attached hydrogens (tertiary/aromatic N) is 2. The summed E-state index contributed by atoms with van der Waals surface area (Å²) in [5.41, 5.74) is 6.22. The molecule has 0 spiro atoms. The number of aromatic nitrogens is 3. The van der Waals surface area contributed by atoms with Gasteiger partial charge in [0.15, 0.2) is 5.82 Å². The summed E-state index contributed by atoms with van der Waals surface area (Å²) in [5, 5.41) is 7.41. The number of H-pyrrole nitrogens is 1. The van der Waals surface area contributed by atoms with E-state index in [4.69, 9.17) is 5.73 Å². The Balaban J connectivity index is 1.67. The van der Waals surface area contributed by atoms with E-state index in [9.17, 15) is 0 Å². The molecular formula is C12H20N4. The topological polar surface area (TPSA) is 67.6 Å². The monoisotopic (exact) mass is 220 g/mol. The van der Waals surface area contributed by atoms with Gasteiger partial charge in [-0.25, -0.2) is 4.98 Å². The molecular weight excluding hydrogens is 200 g/mol. The average molecular weight is 220 g/mol. The first kappa shape index (κ1) is 10.3. The molecule has 0 atom stereocenters. The summed E-state index contributed by atoms with van der Waals surface area (Å²) in [4.78, 5) is 4.61. The van der Waals surface area contributed by atoms with Crippen molar-refractivity contribution in [2.75, 3.05) is 0 Å². The minimum Gasteiger partial charge on any atom is -0.325 e. The lowest BCUT2D eigenvalue weighted by molar-refractivity contribution is 0.243. The molecule has 16 heavy (non-hydrogen) atoms. The molecule has 2 saturated carbocycles. The molecule has 0 saturated heterocycles. The Morgan fingerprint density at radius 2 is 2.00 bits per heavy atom. The van der Waals surface area contributed by atoms with Gasteiger partial charge in [-0.2, -0.15) is 5.10 Å². The van der Waals surface area contributed by atoms with Crippen molar-refractivity contribution in [2.45, 2.75) is 62.8 Å². The number of aromatic amines is 1. The second-order valence-electron chi connectivity index (χ2n) is 5.51. The Kier molecular flexibility index (Phi) is 2.46. The first-order chi connectivity index (χ1) is 7.75. The molecule has 0 radical (unpaired) electrons. The molecule has 88 valence electrons. The number of nitrogens with one attached hydrogen (secondary N) is 1. The van der Waals surface area contributed by atoms with Gasteiger partial charge in [-0.3, -0.25) is 5.10 Å². The second-order valence-corrected chi connectivity index (χ2v) is 5.51. The summed E-state index contributed by atoms with van der Waals surface area (Å²) in [6, 6.07) is 0. The van der Waals surface area contributed by atoms with Crippen molar-refractivity contribution in [3.8, 4) is 0 Å². The first-order valence-corrected chi connectivity index (χ1v) is 6.45. The smallest absolute Gasteiger partial charge is 0.153 e. The normalized spacial score (nSPS) is 24.6. The largest absolute Gasteiger partial charge is 0.325 e. The lowest BCUT2D eigenvalue weighted by Crippen LogP contribution is -2.48. The van der Waals surface area contributed by atoms with Crippen molar-refractivity contribution in [3.63, 3.8) is 0 Å². The molecule has 4 heteroatoms. The van der Waals surface area contributed by atoms with E-state index in [0.717, 1.165) is 30.9 Å². The van der Waals surface area contributed by atoms with Crippen LogP contribution in [0.4, 0.5) is 0 Å². The van der Waals surface area contributed by atoms with Gasteiger partial charge < -0.3 is 5.73 Å². The standard InChI is InChI=1S/C12H20N4/c13-12(6-3-7-12)8-10-14-11(16-15-10)9-4-1-2-5-9/h9H,1-8,13H2,(H,14,15,16). The van der Waals surface area contributed by atoms with Crippen LogP contribution in [0.2, 0.25) is 0 Å². The Labute approximate surface area is 96.0 Å². The minimum absolute atomic E-state index is 0.00643. The van der Waals surface area contributed by atoms with E-state index in [0.29, 0.717) is 5.92 Å². The fraction of sp³-hybridized carbons (Fsp3) is 0.833. The summed E-state index contributed by atoms with van der Waals surface area (Å²) in [6.07, 6.45) is 9.56. The van der Waals surface area contributed by atoms with Gasteiger partial charge in [-0.15, -0.1) is 0 Å². The van der Waals surface area contributed by atoms with Crippen molar-refractivity contribution in [1.29, 1.82) is 0 Å². The highest BCUT2D eigenvalue weighted by Crippen LogP contribution is 2.34. The molecule has 1 heterocycles. The summed E-state index contributed by atoms with van der Waals surface area (Å²) in [6.45, 7) is 0. The molecule has 3 N–H and O–H groups in total. The summed E-state index contributed by atoms with van der Waals surface area (Å²) < 4.78 is 0. The van der Waals surface area contributed by atoms with Crippen molar-refractivity contribution >= 4 is 0 Å². The second kappa shape index (κ2) is 3.84. The zero-order valence-electron chi connectivity index (χ0n) is 9.71. The Morgan fingerprint density at radius 3 is 2.62 bits per heavy atom. The molecule has 4 nitrogen and oxygen atoms in total. The highest BCUT2D eigenvalue weighted by molar-refractivity contribution is 5.05. The summed E-state index contributed by atoms with van der Waals surface area (Å²) in [7, 11) is 0. The number of rotatable bonds is 3. The van der Waals surface area contributed by atoms with Crippen molar-refractivity contribution in [1.82, 2.24) is 15.2 Å². The van der Waals surface area contributed by atoms with Crippen LogP contribution in [0.5, 0.6) is 0 Å². The van der Waals surface area contributed by atoms with Gasteiger partial charge in [0.05, 0.1) is 0 Å². The van der Waals surface area contributed by atoms with E-state index in [2.05, 4.69) is 15.2 Å². The van der Waals surface area contributed by atoms with Crippen molar-refractivity contribution in [3.05, 3.63) is 11.6 Å². The van der Waals surface area contributed by atoms with Crippen LogP contribution < -0.4 is 5.73 Å². The number of hydrogen-bond acceptors (Lipinski definition) is 3. The van der Waals surface area contributed by atoms with Gasteiger partial charge in [0, 0.05) is 17.9 Å². The quantitative estimate of drug-likeness (QED) is 0.817. The van der Waals surface area contributed by atoms with Gasteiger partial charge in [0.25, 0.3) is 0 Å². The van der Waals surface area contributed by atoms with Crippen LogP contribution in [0.15, 0.2) is 0 Å². The molecule has 2 fully saturated rings. The molecule has 1 aromatic heterocycles. The van der Waals surface area contributed by atoms with Crippen LogP contribution in [0, 0.1) is 0 Å². The minimum atomic E-state index is 0.00643. The van der Waals surface area contributed by atoms with Crippen LogP contribution in [0.1, 0.15) is 62.5 Å².